The molecule has 130 valence electrons. The molecule has 0 saturated carbocycles. The Morgan fingerprint density at radius 2 is 2.00 bits per heavy atom. The number of carbonyl (C=O) groups is 2. The number of nitrogens with one attached hydrogen (secondary N) is 2. The van der Waals surface area contributed by atoms with Crippen LogP contribution in [0.15, 0.2) is 48.5 Å². The van der Waals surface area contributed by atoms with Gasteiger partial charge in [0.2, 0.25) is 11.8 Å². The van der Waals surface area contributed by atoms with Crippen LogP contribution in [0.5, 0.6) is 5.75 Å². The molecule has 2 aromatic rings. The minimum absolute atomic E-state index is 0.0416. The lowest BCUT2D eigenvalue weighted by Gasteiger charge is -2.13. The third-order valence-corrected chi connectivity index (χ3v) is 5.32. The van der Waals surface area contributed by atoms with Gasteiger partial charge in [-0.3, -0.25) is 9.59 Å². The highest BCUT2D eigenvalue weighted by atomic mass is 32.2. The average molecular weight is 356 g/mol. The fraction of sp³-hybridized carbons (Fsp3) is 0.263. The molecule has 1 aliphatic rings. The lowest BCUT2D eigenvalue weighted by Crippen LogP contribution is -2.26. The molecule has 1 heterocycles. The number of amides is 2. The fourth-order valence-electron chi connectivity index (χ4n) is 2.76. The van der Waals surface area contributed by atoms with Gasteiger partial charge in [-0.2, -0.15) is 0 Å². The zero-order valence-corrected chi connectivity index (χ0v) is 14.8. The topological polar surface area (TPSA) is 67.4 Å². The van der Waals surface area contributed by atoms with E-state index < -0.39 is 0 Å². The van der Waals surface area contributed by atoms with Crippen molar-refractivity contribution in [2.45, 2.75) is 18.1 Å². The van der Waals surface area contributed by atoms with Crippen LogP contribution in [-0.4, -0.2) is 29.9 Å². The van der Waals surface area contributed by atoms with E-state index in [9.17, 15) is 9.59 Å². The molecule has 0 fully saturated rings. The Hall–Kier alpha value is -2.47. The molecule has 0 aromatic heterocycles. The molecule has 0 aliphatic carbocycles. The molecule has 0 unspecified atom stereocenters. The summed E-state index contributed by atoms with van der Waals surface area (Å²) in [5.74, 6) is 0.638. The van der Waals surface area contributed by atoms with Gasteiger partial charge >= 0.3 is 0 Å². The quantitative estimate of drug-likeness (QED) is 0.862. The van der Waals surface area contributed by atoms with E-state index in [4.69, 9.17) is 4.74 Å². The Morgan fingerprint density at radius 3 is 2.84 bits per heavy atom. The Balaban J connectivity index is 1.56. The molecule has 2 N–H and O–H groups in total. The maximum absolute atomic E-state index is 12.4. The van der Waals surface area contributed by atoms with E-state index in [-0.39, 0.29) is 22.8 Å². The minimum atomic E-state index is -0.240. The average Bonchev–Trinajstić information content (AvgIpc) is 2.78. The number of fused-ring (bicyclic) bond motifs is 1. The van der Waals surface area contributed by atoms with Crippen molar-refractivity contribution < 1.29 is 14.3 Å². The van der Waals surface area contributed by atoms with Gasteiger partial charge in [-0.15, -0.1) is 11.8 Å². The number of carbonyl (C=O) groups excluding carboxylic acids is 2. The molecule has 1 atom stereocenters. The number of rotatable bonds is 5. The number of methoxy groups -OCH3 is 1. The SMILES string of the molecule is COc1ccccc1NC(=O)CS[C@H]1CCc2ccccc2NC1=O. The second-order valence-corrected chi connectivity index (χ2v) is 6.92. The highest BCUT2D eigenvalue weighted by Crippen LogP contribution is 2.28. The van der Waals surface area contributed by atoms with Crippen LogP contribution < -0.4 is 15.4 Å². The summed E-state index contributed by atoms with van der Waals surface area (Å²) in [6.45, 7) is 0. The first-order valence-corrected chi connectivity index (χ1v) is 9.15. The van der Waals surface area contributed by atoms with Gasteiger partial charge in [0.25, 0.3) is 0 Å². The zero-order chi connectivity index (χ0) is 17.6. The molecule has 0 saturated heterocycles. The monoisotopic (exact) mass is 356 g/mol. The van der Waals surface area contributed by atoms with Gasteiger partial charge in [-0.1, -0.05) is 30.3 Å². The zero-order valence-electron chi connectivity index (χ0n) is 14.0. The smallest absolute Gasteiger partial charge is 0.237 e. The second kappa shape index (κ2) is 8.07. The molecule has 0 spiro atoms. The van der Waals surface area contributed by atoms with Gasteiger partial charge in [-0.25, -0.2) is 0 Å². The highest BCUT2D eigenvalue weighted by molar-refractivity contribution is 8.01. The Labute approximate surface area is 151 Å². The molecule has 0 radical (unpaired) electrons. The Bertz CT molecular complexity index is 779. The molecular weight excluding hydrogens is 336 g/mol. The van der Waals surface area contributed by atoms with Crippen molar-refractivity contribution >= 4 is 35.0 Å². The van der Waals surface area contributed by atoms with Crippen LogP contribution >= 0.6 is 11.8 Å². The third-order valence-electron chi connectivity index (χ3n) is 4.04. The number of hydrogen-bond acceptors (Lipinski definition) is 4. The Kier molecular flexibility index (Phi) is 5.60. The van der Waals surface area contributed by atoms with Crippen molar-refractivity contribution in [1.29, 1.82) is 0 Å². The van der Waals surface area contributed by atoms with Gasteiger partial charge in [0, 0.05) is 5.69 Å². The lowest BCUT2D eigenvalue weighted by molar-refractivity contribution is -0.115. The fourth-order valence-corrected chi connectivity index (χ4v) is 3.68. The van der Waals surface area contributed by atoms with Crippen LogP contribution in [0.1, 0.15) is 12.0 Å². The van der Waals surface area contributed by atoms with Gasteiger partial charge < -0.3 is 15.4 Å². The number of aryl methyl sites for hydroxylation is 1. The first kappa shape index (κ1) is 17.4. The summed E-state index contributed by atoms with van der Waals surface area (Å²) >= 11 is 1.37. The molecule has 5 nitrogen and oxygen atoms in total. The second-order valence-electron chi connectivity index (χ2n) is 5.73. The van der Waals surface area contributed by atoms with Gasteiger partial charge in [0.15, 0.2) is 0 Å². The lowest BCUT2D eigenvalue weighted by atomic mass is 10.1. The summed E-state index contributed by atoms with van der Waals surface area (Å²) in [7, 11) is 1.56. The summed E-state index contributed by atoms with van der Waals surface area (Å²) in [5.41, 5.74) is 2.64. The number of benzene rings is 2. The molecule has 2 aromatic carbocycles. The van der Waals surface area contributed by atoms with Crippen LogP contribution in [0.25, 0.3) is 0 Å². The predicted octanol–water partition coefficient (Wildman–Crippen LogP) is 3.32. The molecular formula is C19H20N2O3S. The van der Waals surface area contributed by atoms with E-state index in [1.54, 1.807) is 19.2 Å². The minimum Gasteiger partial charge on any atom is -0.495 e. The largest absolute Gasteiger partial charge is 0.495 e. The van der Waals surface area contributed by atoms with E-state index in [2.05, 4.69) is 10.6 Å². The number of para-hydroxylation sites is 3. The van der Waals surface area contributed by atoms with Crippen LogP contribution in [-0.2, 0) is 16.0 Å². The van der Waals surface area contributed by atoms with E-state index in [0.717, 1.165) is 24.1 Å². The summed E-state index contributed by atoms with van der Waals surface area (Å²) in [4.78, 5) is 24.6. The van der Waals surface area contributed by atoms with E-state index in [1.807, 2.05) is 36.4 Å². The van der Waals surface area contributed by atoms with E-state index in [0.29, 0.717) is 11.4 Å². The number of thioether (sulfide) groups is 1. The Morgan fingerprint density at radius 1 is 1.24 bits per heavy atom. The molecule has 25 heavy (non-hydrogen) atoms. The van der Waals surface area contributed by atoms with Crippen molar-refractivity contribution in [2.75, 3.05) is 23.5 Å². The van der Waals surface area contributed by atoms with Crippen LogP contribution in [0.3, 0.4) is 0 Å². The maximum atomic E-state index is 12.4. The summed E-state index contributed by atoms with van der Waals surface area (Å²) in [6, 6.07) is 15.1. The van der Waals surface area contributed by atoms with Crippen molar-refractivity contribution in [3.63, 3.8) is 0 Å². The van der Waals surface area contributed by atoms with Crippen LogP contribution in [0.4, 0.5) is 11.4 Å². The van der Waals surface area contributed by atoms with Crippen molar-refractivity contribution in [2.24, 2.45) is 0 Å². The molecule has 0 bridgehead atoms. The standard InChI is InChI=1S/C19H20N2O3S/c1-24-16-9-5-4-8-15(16)20-18(22)12-25-17-11-10-13-6-2-3-7-14(13)21-19(17)23/h2-9,17H,10-12H2,1H3,(H,20,22)(H,21,23)/t17-/m0/s1. The normalized spacial score (nSPS) is 16.4. The number of hydrogen-bond donors (Lipinski definition) is 2. The first-order chi connectivity index (χ1) is 12.2. The summed E-state index contributed by atoms with van der Waals surface area (Å²) in [5, 5.41) is 5.54. The van der Waals surface area contributed by atoms with Crippen molar-refractivity contribution in [3.8, 4) is 5.75 Å². The van der Waals surface area contributed by atoms with Gasteiger partial charge in [-0.05, 0) is 36.6 Å². The van der Waals surface area contributed by atoms with E-state index in [1.165, 1.54) is 11.8 Å². The van der Waals surface area contributed by atoms with Gasteiger partial charge in [0.05, 0.1) is 23.8 Å². The maximum Gasteiger partial charge on any atom is 0.237 e. The summed E-state index contributed by atoms with van der Waals surface area (Å²) < 4.78 is 5.22. The van der Waals surface area contributed by atoms with Crippen molar-refractivity contribution in [3.05, 3.63) is 54.1 Å². The molecule has 2 amide bonds. The number of anilines is 2. The molecule has 6 heteroatoms. The van der Waals surface area contributed by atoms with Crippen molar-refractivity contribution in [1.82, 2.24) is 0 Å². The molecule has 3 rings (SSSR count). The molecule has 1 aliphatic heterocycles. The highest BCUT2D eigenvalue weighted by Gasteiger charge is 2.24. The summed E-state index contributed by atoms with van der Waals surface area (Å²) in [6.07, 6.45) is 1.54. The number of ether oxygens (including phenoxy) is 1. The third kappa shape index (κ3) is 4.33. The van der Waals surface area contributed by atoms with Crippen LogP contribution in [0.2, 0.25) is 0 Å². The van der Waals surface area contributed by atoms with Gasteiger partial charge in [0.1, 0.15) is 5.75 Å². The first-order valence-electron chi connectivity index (χ1n) is 8.10. The van der Waals surface area contributed by atoms with E-state index >= 15 is 0 Å². The predicted molar refractivity (Wildman–Crippen MR) is 101 cm³/mol. The van der Waals surface area contributed by atoms with Crippen LogP contribution in [0, 0.1) is 0 Å².